The average Bonchev–Trinajstić information content (AvgIpc) is 3.81. The monoisotopic (exact) mass is 972 g/mol. The van der Waals surface area contributed by atoms with Gasteiger partial charge in [-0.2, -0.15) is 0 Å². The number of aromatic hydroxyl groups is 2. The molecule has 6 N–H and O–H groups in total. The van der Waals surface area contributed by atoms with Gasteiger partial charge in [-0.25, -0.2) is 0 Å². The van der Waals surface area contributed by atoms with Crippen LogP contribution in [-0.4, -0.2) is 95.8 Å². The predicted molar refractivity (Wildman–Crippen MR) is 285 cm³/mol. The van der Waals surface area contributed by atoms with Crippen LogP contribution in [0.1, 0.15) is 47.2 Å². The topological polar surface area (TPSA) is 183 Å². The number of hydrogen-bond acceptors (Lipinski definition) is 12. The molecule has 2 aliphatic rings. The van der Waals surface area contributed by atoms with Crippen LogP contribution >= 0.6 is 0 Å². The number of anilines is 2. The van der Waals surface area contributed by atoms with Gasteiger partial charge in [-0.15, -0.1) is 0 Å². The molecule has 0 aliphatic heterocycles. The van der Waals surface area contributed by atoms with Crippen molar-refractivity contribution in [2.24, 2.45) is 5.73 Å². The number of para-hydroxylation sites is 2. The quantitative estimate of drug-likeness (QED) is 0.0658. The Bertz CT molecular complexity index is 3070. The van der Waals surface area contributed by atoms with Gasteiger partial charge in [-0.3, -0.25) is 14.5 Å². The number of nitrogens with two attached hydrogens (primary N) is 1. The number of benzene rings is 6. The molecule has 372 valence electrons. The van der Waals surface area contributed by atoms with Gasteiger partial charge in [0.15, 0.2) is 23.0 Å². The lowest BCUT2D eigenvalue weighted by molar-refractivity contribution is -0.118. The largest absolute Gasteiger partial charge is 0.502 e. The molecule has 0 aromatic heterocycles. The molecule has 0 heterocycles. The minimum Gasteiger partial charge on any atom is -0.502 e. The van der Waals surface area contributed by atoms with E-state index in [4.69, 9.17) is 34.2 Å². The maximum absolute atomic E-state index is 13.6. The summed E-state index contributed by atoms with van der Waals surface area (Å²) in [5.41, 5.74) is 18.5. The number of rotatable bonds is 15. The Kier molecular flexibility index (Phi) is 16.1. The van der Waals surface area contributed by atoms with Crippen LogP contribution in [0.25, 0.3) is 34.4 Å². The maximum atomic E-state index is 13.6. The number of carbonyl (C=O) groups excluding carboxylic acids is 2. The molecule has 2 amide bonds. The lowest BCUT2D eigenvalue weighted by Gasteiger charge is -2.26. The van der Waals surface area contributed by atoms with E-state index in [2.05, 4.69) is 10.6 Å². The van der Waals surface area contributed by atoms with Crippen LogP contribution in [0.15, 0.2) is 132 Å². The molecule has 14 nitrogen and oxygen atoms in total. The van der Waals surface area contributed by atoms with Crippen molar-refractivity contribution in [1.29, 1.82) is 0 Å². The fourth-order valence-corrected chi connectivity index (χ4v) is 9.00. The third-order valence-electron chi connectivity index (χ3n) is 12.6. The van der Waals surface area contributed by atoms with Gasteiger partial charge in [0, 0.05) is 11.4 Å². The Labute approximate surface area is 420 Å². The number of allylic oxidation sites excluding steroid dienone is 4. The van der Waals surface area contributed by atoms with Crippen molar-refractivity contribution >= 4 is 57.6 Å². The minimum atomic E-state index is -0.907. The van der Waals surface area contributed by atoms with Gasteiger partial charge in [-0.1, -0.05) is 48.5 Å². The van der Waals surface area contributed by atoms with E-state index in [0.717, 1.165) is 72.5 Å². The summed E-state index contributed by atoms with van der Waals surface area (Å²) in [6.45, 7) is 3.97. The Hall–Kier alpha value is -8.46. The fourth-order valence-electron chi connectivity index (χ4n) is 9.00. The van der Waals surface area contributed by atoms with Crippen molar-refractivity contribution in [1.82, 2.24) is 4.90 Å². The molecule has 0 bridgehead atoms. The SMILES string of the molecule is COc1ccc2c(c1)C(C(C(=O)Nc1ccccc1)N(C)C)=C(C)/C2=C/c1cc(OC)c(O)c(OC)c1.COc1ccc2c(c1)C(C(N)C(=O)Nc1ccccc1)=C(C)/C2=C/c1cc(OC)c(O)c(OC)c1. The van der Waals surface area contributed by atoms with Crippen LogP contribution in [-0.2, 0) is 9.59 Å². The Balaban J connectivity index is 0.000000212. The van der Waals surface area contributed by atoms with E-state index in [9.17, 15) is 19.8 Å². The summed E-state index contributed by atoms with van der Waals surface area (Å²) in [4.78, 5) is 28.6. The van der Waals surface area contributed by atoms with E-state index in [0.29, 0.717) is 40.2 Å². The molecule has 2 aliphatic carbocycles. The average molecular weight is 973 g/mol. The van der Waals surface area contributed by atoms with Crippen molar-refractivity contribution < 1.29 is 48.2 Å². The highest BCUT2D eigenvalue weighted by Gasteiger charge is 2.36. The summed E-state index contributed by atoms with van der Waals surface area (Å²) in [6, 6.07) is 35.7. The van der Waals surface area contributed by atoms with Crippen molar-refractivity contribution in [3.8, 4) is 46.0 Å². The number of phenols is 2. The lowest BCUT2D eigenvalue weighted by Crippen LogP contribution is -2.40. The summed E-state index contributed by atoms with van der Waals surface area (Å²) in [5.74, 6) is 2.03. The number of ether oxygens (including phenoxy) is 6. The lowest BCUT2D eigenvalue weighted by atomic mass is 9.96. The number of phenolic OH excluding ortho intramolecular Hbond substituents is 2. The second kappa shape index (κ2) is 22.5. The highest BCUT2D eigenvalue weighted by molar-refractivity contribution is 6.14. The number of methoxy groups -OCH3 is 6. The van der Waals surface area contributed by atoms with E-state index in [1.165, 1.54) is 28.4 Å². The highest BCUT2D eigenvalue weighted by atomic mass is 16.5. The first-order chi connectivity index (χ1) is 34.7. The number of amides is 2. The van der Waals surface area contributed by atoms with Crippen LogP contribution in [0.2, 0.25) is 0 Å². The van der Waals surface area contributed by atoms with Crippen molar-refractivity contribution in [3.05, 3.63) is 166 Å². The van der Waals surface area contributed by atoms with Gasteiger partial charge in [0.1, 0.15) is 23.6 Å². The summed E-state index contributed by atoms with van der Waals surface area (Å²) in [6.07, 6.45) is 3.97. The van der Waals surface area contributed by atoms with E-state index < -0.39 is 12.1 Å². The standard InChI is InChI=1S/C30H32N2O5.C28H28N2O5/c1-18-23(14-19-15-25(36-5)29(33)26(16-19)37-6)22-13-12-21(35-4)17-24(22)27(18)28(32(2)3)30(34)31-20-10-8-7-9-11-20;1-16-21(12-17-13-23(34-3)27(31)24(14-17)35-4)20-11-10-19(33-2)15-22(20)25(16)26(29)28(32)30-18-8-6-5-7-9-18/h7-17,28,33H,1-6H3,(H,31,34);5-15,26,31H,29H2,1-4H3,(H,30,32)/b23-14-;21-12-. The van der Waals surface area contributed by atoms with Crippen molar-refractivity contribution in [2.45, 2.75) is 25.9 Å². The van der Waals surface area contributed by atoms with Gasteiger partial charge < -0.3 is 55.0 Å². The maximum Gasteiger partial charge on any atom is 0.246 e. The van der Waals surface area contributed by atoms with E-state index >= 15 is 0 Å². The second-order valence-electron chi connectivity index (χ2n) is 17.1. The summed E-state index contributed by atoms with van der Waals surface area (Å²) < 4.78 is 32.3. The first-order valence-electron chi connectivity index (χ1n) is 22.9. The molecular formula is C58H60N4O10. The first-order valence-corrected chi connectivity index (χ1v) is 22.9. The smallest absolute Gasteiger partial charge is 0.246 e. The third kappa shape index (κ3) is 10.6. The number of nitrogens with zero attached hydrogens (tertiary/aromatic N) is 1. The zero-order chi connectivity index (χ0) is 51.8. The molecule has 6 aromatic carbocycles. The normalized spacial score (nSPS) is 14.5. The molecule has 0 spiro atoms. The fraction of sp³-hybridized carbons (Fsp3) is 0.207. The molecule has 8 rings (SSSR count). The molecule has 0 radical (unpaired) electrons. The summed E-state index contributed by atoms with van der Waals surface area (Å²) >= 11 is 0. The van der Waals surface area contributed by atoms with Crippen LogP contribution in [0, 0.1) is 0 Å². The van der Waals surface area contributed by atoms with Crippen LogP contribution in [0.4, 0.5) is 11.4 Å². The van der Waals surface area contributed by atoms with Gasteiger partial charge in [0.25, 0.3) is 0 Å². The van der Waals surface area contributed by atoms with Gasteiger partial charge in [-0.05, 0) is 180 Å². The molecule has 14 heteroatoms. The highest BCUT2D eigenvalue weighted by Crippen LogP contribution is 2.48. The number of fused-ring (bicyclic) bond motifs is 2. The molecule has 0 saturated carbocycles. The van der Waals surface area contributed by atoms with Crippen LogP contribution in [0.3, 0.4) is 0 Å². The van der Waals surface area contributed by atoms with E-state index in [1.54, 1.807) is 38.5 Å². The van der Waals surface area contributed by atoms with E-state index in [1.807, 2.05) is 142 Å². The summed E-state index contributed by atoms with van der Waals surface area (Å²) in [7, 11) is 13.0. The van der Waals surface area contributed by atoms with Gasteiger partial charge in [0.2, 0.25) is 23.3 Å². The molecule has 72 heavy (non-hydrogen) atoms. The number of nitrogens with one attached hydrogen (secondary N) is 2. The molecular weight excluding hydrogens is 913 g/mol. The molecule has 0 fully saturated rings. The third-order valence-corrected chi connectivity index (χ3v) is 12.6. The van der Waals surface area contributed by atoms with Crippen LogP contribution < -0.4 is 44.8 Å². The summed E-state index contributed by atoms with van der Waals surface area (Å²) in [5, 5.41) is 26.6. The number of carbonyl (C=O) groups is 2. The zero-order valence-electron chi connectivity index (χ0n) is 42.0. The Morgan fingerprint density at radius 2 is 0.889 bits per heavy atom. The molecule has 2 atom stereocenters. The number of likely N-dealkylation sites (N-methyl/N-ethyl adjacent to an activating group) is 1. The Morgan fingerprint density at radius 3 is 1.26 bits per heavy atom. The Morgan fingerprint density at radius 1 is 0.514 bits per heavy atom. The van der Waals surface area contributed by atoms with Crippen molar-refractivity contribution in [3.63, 3.8) is 0 Å². The van der Waals surface area contributed by atoms with E-state index in [-0.39, 0.29) is 23.3 Å². The number of hydrogen-bond donors (Lipinski definition) is 5. The van der Waals surface area contributed by atoms with Gasteiger partial charge in [0.05, 0.1) is 42.7 Å². The molecule has 2 unspecified atom stereocenters. The molecule has 6 aromatic rings. The second-order valence-corrected chi connectivity index (χ2v) is 17.1. The first kappa shape index (κ1) is 51.4. The van der Waals surface area contributed by atoms with Gasteiger partial charge >= 0.3 is 0 Å². The molecule has 0 saturated heterocycles. The minimum absolute atomic E-state index is 0.0538. The van der Waals surface area contributed by atoms with Crippen molar-refractivity contribution in [2.75, 3.05) is 67.4 Å². The zero-order valence-corrected chi connectivity index (χ0v) is 42.0. The van der Waals surface area contributed by atoms with Crippen LogP contribution in [0.5, 0.6) is 46.0 Å². The predicted octanol–water partition coefficient (Wildman–Crippen LogP) is 10.0.